The first kappa shape index (κ1) is 12.3. The van der Waals surface area contributed by atoms with Crippen LogP contribution in [0.15, 0.2) is 0 Å². The number of amides is 1. The highest BCUT2D eigenvalue weighted by atomic mass is 16.6. The van der Waals surface area contributed by atoms with Crippen LogP contribution in [0, 0.1) is 0 Å². The van der Waals surface area contributed by atoms with Gasteiger partial charge in [-0.05, 0) is 26.7 Å². The summed E-state index contributed by atoms with van der Waals surface area (Å²) in [6, 6.07) is 0.273. The lowest BCUT2D eigenvalue weighted by molar-refractivity contribution is 0.0904. The normalized spacial score (nSPS) is 12.3. The minimum absolute atomic E-state index is 0.182. The van der Waals surface area contributed by atoms with Crippen LogP contribution in [0.5, 0.6) is 0 Å². The van der Waals surface area contributed by atoms with Crippen molar-refractivity contribution >= 4 is 6.09 Å². The zero-order valence-electron chi connectivity index (χ0n) is 9.17. The average molecular weight is 187 g/mol. The van der Waals surface area contributed by atoms with E-state index in [1.165, 1.54) is 0 Å². The summed E-state index contributed by atoms with van der Waals surface area (Å²) in [7, 11) is 0. The monoisotopic (exact) mass is 187 g/mol. The van der Waals surface area contributed by atoms with Crippen LogP contribution in [0.25, 0.3) is 0 Å². The number of rotatable bonds is 5. The van der Waals surface area contributed by atoms with Gasteiger partial charge in [0.15, 0.2) is 0 Å². The van der Waals surface area contributed by atoms with Crippen LogP contribution in [-0.4, -0.2) is 30.2 Å². The lowest BCUT2D eigenvalue weighted by Crippen LogP contribution is -2.38. The third-order valence-corrected chi connectivity index (χ3v) is 2.13. The van der Waals surface area contributed by atoms with Gasteiger partial charge in [0, 0.05) is 12.6 Å². The van der Waals surface area contributed by atoms with Crippen molar-refractivity contribution in [3.05, 3.63) is 0 Å². The molecule has 0 heterocycles. The van der Waals surface area contributed by atoms with Gasteiger partial charge >= 0.3 is 6.09 Å². The number of carbonyl (C=O) groups is 1. The van der Waals surface area contributed by atoms with Crippen LogP contribution >= 0.6 is 0 Å². The molecular weight excluding hydrogens is 166 g/mol. The Hall–Kier alpha value is -0.730. The highest BCUT2D eigenvalue weighted by Crippen LogP contribution is 2.05. The van der Waals surface area contributed by atoms with Crippen LogP contribution < -0.4 is 0 Å². The fourth-order valence-corrected chi connectivity index (χ4v) is 1.11. The van der Waals surface area contributed by atoms with Crippen molar-refractivity contribution in [3.8, 4) is 0 Å². The second-order valence-corrected chi connectivity index (χ2v) is 3.16. The molecule has 0 aliphatic rings. The molecule has 0 saturated carbocycles. The van der Waals surface area contributed by atoms with Crippen molar-refractivity contribution < 1.29 is 9.53 Å². The molecule has 1 unspecified atom stereocenters. The third-order valence-electron chi connectivity index (χ3n) is 2.13. The smallest absolute Gasteiger partial charge is 0.409 e. The van der Waals surface area contributed by atoms with Gasteiger partial charge in [0.1, 0.15) is 0 Å². The molecule has 13 heavy (non-hydrogen) atoms. The zero-order chi connectivity index (χ0) is 10.3. The third kappa shape index (κ3) is 4.15. The second kappa shape index (κ2) is 6.75. The Balaban J connectivity index is 3.99. The SMILES string of the molecule is CCCOC(=O)N(CC)C(C)CC. The summed E-state index contributed by atoms with van der Waals surface area (Å²) in [6.45, 7) is 9.31. The van der Waals surface area contributed by atoms with Crippen molar-refractivity contribution in [2.24, 2.45) is 0 Å². The molecule has 0 aromatic rings. The van der Waals surface area contributed by atoms with Gasteiger partial charge in [0.05, 0.1) is 6.61 Å². The Labute approximate surface area is 81.1 Å². The van der Waals surface area contributed by atoms with Crippen molar-refractivity contribution in [1.82, 2.24) is 4.90 Å². The first-order chi connectivity index (χ1) is 6.17. The van der Waals surface area contributed by atoms with E-state index in [-0.39, 0.29) is 12.1 Å². The molecular formula is C10H21NO2. The maximum absolute atomic E-state index is 11.4. The molecule has 0 aromatic heterocycles. The van der Waals surface area contributed by atoms with Gasteiger partial charge in [-0.15, -0.1) is 0 Å². The largest absolute Gasteiger partial charge is 0.449 e. The number of hydrogen-bond acceptors (Lipinski definition) is 2. The van der Waals surface area contributed by atoms with Crippen molar-refractivity contribution in [3.63, 3.8) is 0 Å². The van der Waals surface area contributed by atoms with Gasteiger partial charge in [-0.2, -0.15) is 0 Å². The molecule has 1 amide bonds. The van der Waals surface area contributed by atoms with Gasteiger partial charge in [-0.25, -0.2) is 4.79 Å². The number of carbonyl (C=O) groups excluding carboxylic acids is 1. The predicted octanol–water partition coefficient (Wildman–Crippen LogP) is 2.65. The van der Waals surface area contributed by atoms with Gasteiger partial charge in [-0.1, -0.05) is 13.8 Å². The van der Waals surface area contributed by atoms with Crippen molar-refractivity contribution in [2.45, 2.75) is 46.6 Å². The van der Waals surface area contributed by atoms with Crippen molar-refractivity contribution in [2.75, 3.05) is 13.2 Å². The summed E-state index contributed by atoms with van der Waals surface area (Å²) in [4.78, 5) is 13.2. The van der Waals surface area contributed by atoms with Crippen LogP contribution in [0.2, 0.25) is 0 Å². The van der Waals surface area contributed by atoms with E-state index >= 15 is 0 Å². The van der Waals surface area contributed by atoms with E-state index in [1.807, 2.05) is 20.8 Å². The average Bonchev–Trinajstić information content (AvgIpc) is 2.15. The Morgan fingerprint density at radius 1 is 1.38 bits per heavy atom. The molecule has 0 bridgehead atoms. The van der Waals surface area contributed by atoms with Gasteiger partial charge in [0.25, 0.3) is 0 Å². The predicted molar refractivity (Wildman–Crippen MR) is 53.8 cm³/mol. The van der Waals surface area contributed by atoms with Crippen LogP contribution in [-0.2, 0) is 4.74 Å². The standard InChI is InChI=1S/C10H21NO2/c1-5-8-13-10(12)11(7-3)9(4)6-2/h9H,5-8H2,1-4H3. The van der Waals surface area contributed by atoms with E-state index in [1.54, 1.807) is 4.90 Å². The van der Waals surface area contributed by atoms with E-state index in [2.05, 4.69) is 6.92 Å². The van der Waals surface area contributed by atoms with E-state index in [0.29, 0.717) is 6.61 Å². The first-order valence-electron chi connectivity index (χ1n) is 5.10. The summed E-state index contributed by atoms with van der Waals surface area (Å²) in [5.41, 5.74) is 0. The maximum Gasteiger partial charge on any atom is 0.409 e. The Morgan fingerprint density at radius 3 is 2.38 bits per heavy atom. The molecule has 0 spiro atoms. The highest BCUT2D eigenvalue weighted by molar-refractivity contribution is 5.67. The molecule has 0 saturated heterocycles. The number of nitrogens with zero attached hydrogens (tertiary/aromatic N) is 1. The fourth-order valence-electron chi connectivity index (χ4n) is 1.11. The summed E-state index contributed by atoms with van der Waals surface area (Å²) < 4.78 is 5.05. The summed E-state index contributed by atoms with van der Waals surface area (Å²) in [5.74, 6) is 0. The quantitative estimate of drug-likeness (QED) is 0.662. The van der Waals surface area contributed by atoms with Crippen LogP contribution in [0.3, 0.4) is 0 Å². The number of ether oxygens (including phenoxy) is 1. The summed E-state index contributed by atoms with van der Waals surface area (Å²) >= 11 is 0. The second-order valence-electron chi connectivity index (χ2n) is 3.16. The minimum Gasteiger partial charge on any atom is -0.449 e. The highest BCUT2D eigenvalue weighted by Gasteiger charge is 2.17. The Morgan fingerprint density at radius 2 is 2.00 bits per heavy atom. The molecule has 3 nitrogen and oxygen atoms in total. The van der Waals surface area contributed by atoms with Gasteiger partial charge in [-0.3, -0.25) is 0 Å². The number of hydrogen-bond donors (Lipinski definition) is 0. The zero-order valence-corrected chi connectivity index (χ0v) is 9.17. The molecule has 1 atom stereocenters. The van der Waals surface area contributed by atoms with E-state index in [4.69, 9.17) is 4.74 Å². The molecule has 78 valence electrons. The minimum atomic E-state index is -0.182. The molecule has 0 rings (SSSR count). The molecule has 0 fully saturated rings. The fraction of sp³-hybridized carbons (Fsp3) is 0.900. The van der Waals surface area contributed by atoms with Gasteiger partial charge in [0.2, 0.25) is 0 Å². The molecule has 0 radical (unpaired) electrons. The first-order valence-corrected chi connectivity index (χ1v) is 5.10. The molecule has 0 aliphatic heterocycles. The topological polar surface area (TPSA) is 29.5 Å². The molecule has 0 N–H and O–H groups in total. The van der Waals surface area contributed by atoms with E-state index in [0.717, 1.165) is 19.4 Å². The maximum atomic E-state index is 11.4. The molecule has 3 heteroatoms. The lowest BCUT2D eigenvalue weighted by Gasteiger charge is -2.26. The van der Waals surface area contributed by atoms with Crippen LogP contribution in [0.1, 0.15) is 40.5 Å². The van der Waals surface area contributed by atoms with Crippen molar-refractivity contribution in [1.29, 1.82) is 0 Å². The molecule has 0 aromatic carbocycles. The van der Waals surface area contributed by atoms with Crippen LogP contribution in [0.4, 0.5) is 4.79 Å². The molecule has 0 aliphatic carbocycles. The van der Waals surface area contributed by atoms with E-state index in [9.17, 15) is 4.79 Å². The summed E-state index contributed by atoms with van der Waals surface area (Å²) in [5, 5.41) is 0. The van der Waals surface area contributed by atoms with Gasteiger partial charge < -0.3 is 9.64 Å². The Kier molecular flexibility index (Phi) is 6.37. The van der Waals surface area contributed by atoms with E-state index < -0.39 is 0 Å². The lowest BCUT2D eigenvalue weighted by atomic mass is 10.2. The Bertz CT molecular complexity index is 148. The summed E-state index contributed by atoms with van der Waals surface area (Å²) in [6.07, 6.45) is 1.66.